The van der Waals surface area contributed by atoms with Crippen LogP contribution in [0.1, 0.15) is 6.23 Å². The van der Waals surface area contributed by atoms with Gasteiger partial charge in [0.25, 0.3) is 5.56 Å². The Kier molecular flexibility index (Phi) is 3.40. The van der Waals surface area contributed by atoms with E-state index in [4.69, 9.17) is 22.1 Å². The van der Waals surface area contributed by atoms with Crippen molar-refractivity contribution in [2.75, 3.05) is 6.61 Å². The predicted octanol–water partition coefficient (Wildman–Crippen LogP) is -1.48. The second kappa shape index (κ2) is 4.67. The molecule has 2 heterocycles. The van der Waals surface area contributed by atoms with E-state index in [1.54, 1.807) is 0 Å². The van der Waals surface area contributed by atoms with Crippen LogP contribution >= 0.6 is 12.2 Å². The van der Waals surface area contributed by atoms with Crippen molar-refractivity contribution >= 4 is 12.2 Å². The molecule has 17 heavy (non-hydrogen) atoms. The van der Waals surface area contributed by atoms with Gasteiger partial charge in [-0.15, -0.1) is 0 Å². The van der Waals surface area contributed by atoms with Crippen molar-refractivity contribution in [3.05, 3.63) is 27.4 Å². The minimum atomic E-state index is -1.22. The molecule has 94 valence electrons. The average Bonchev–Trinajstić information content (AvgIpc) is 2.57. The third-order valence-electron chi connectivity index (χ3n) is 2.64. The first kappa shape index (κ1) is 12.4. The maximum absolute atomic E-state index is 11.0. The normalized spacial score (nSPS) is 32.9. The summed E-state index contributed by atoms with van der Waals surface area (Å²) in [5.74, 6) is 0. The lowest BCUT2D eigenvalue weighted by atomic mass is 10.1. The monoisotopic (exact) mass is 260 g/mol. The number of nitrogens with one attached hydrogen (secondary N) is 1. The highest BCUT2D eigenvalue weighted by Crippen LogP contribution is 2.28. The van der Waals surface area contributed by atoms with Crippen LogP contribution in [0.2, 0.25) is 0 Å². The summed E-state index contributed by atoms with van der Waals surface area (Å²) in [4.78, 5) is 13.4. The Bertz CT molecular complexity index is 513. The molecule has 0 unspecified atom stereocenters. The maximum atomic E-state index is 11.0. The number of rotatable bonds is 2. The Hall–Kier alpha value is -1.06. The molecule has 4 atom stereocenters. The highest BCUT2D eigenvalue weighted by molar-refractivity contribution is 7.71. The summed E-state index contributed by atoms with van der Waals surface area (Å²) in [6, 6.07) is 1.23. The number of nitrogens with zero attached hydrogens (tertiary/aromatic N) is 1. The van der Waals surface area contributed by atoms with Crippen LogP contribution in [0.4, 0.5) is 0 Å². The molecule has 1 aliphatic heterocycles. The third kappa shape index (κ3) is 2.17. The molecule has 1 fully saturated rings. The van der Waals surface area contributed by atoms with E-state index in [0.717, 1.165) is 0 Å². The van der Waals surface area contributed by atoms with E-state index >= 15 is 0 Å². The zero-order chi connectivity index (χ0) is 12.6. The van der Waals surface area contributed by atoms with Gasteiger partial charge in [-0.2, -0.15) is 0 Å². The summed E-state index contributed by atoms with van der Waals surface area (Å²) in [5, 5.41) is 28.3. The van der Waals surface area contributed by atoms with E-state index in [1.807, 2.05) is 0 Å². The Labute approximate surface area is 101 Å². The predicted molar refractivity (Wildman–Crippen MR) is 58.9 cm³/mol. The van der Waals surface area contributed by atoms with Crippen molar-refractivity contribution in [1.29, 1.82) is 0 Å². The van der Waals surface area contributed by atoms with Gasteiger partial charge < -0.3 is 20.1 Å². The van der Waals surface area contributed by atoms with E-state index < -0.39 is 31.1 Å². The molecule has 1 saturated heterocycles. The van der Waals surface area contributed by atoms with Crippen molar-refractivity contribution in [3.63, 3.8) is 0 Å². The van der Waals surface area contributed by atoms with Gasteiger partial charge >= 0.3 is 0 Å². The van der Waals surface area contributed by atoms with Gasteiger partial charge in [-0.25, -0.2) is 0 Å². The van der Waals surface area contributed by atoms with Gasteiger partial charge in [0.1, 0.15) is 18.3 Å². The molecule has 0 radical (unpaired) electrons. The van der Waals surface area contributed by atoms with E-state index in [2.05, 4.69) is 4.98 Å². The molecule has 7 nitrogen and oxygen atoms in total. The number of aliphatic hydroxyl groups excluding tert-OH is 3. The fourth-order valence-electron chi connectivity index (χ4n) is 1.74. The van der Waals surface area contributed by atoms with Crippen LogP contribution in [0, 0.1) is 4.77 Å². The van der Waals surface area contributed by atoms with E-state index in [-0.39, 0.29) is 10.3 Å². The lowest BCUT2D eigenvalue weighted by Gasteiger charge is -2.17. The second-order valence-electron chi connectivity index (χ2n) is 3.75. The summed E-state index contributed by atoms with van der Waals surface area (Å²) in [6.45, 7) is -0.411. The van der Waals surface area contributed by atoms with Crippen LogP contribution < -0.4 is 5.56 Å². The Morgan fingerprint density at radius 3 is 2.71 bits per heavy atom. The average molecular weight is 260 g/mol. The van der Waals surface area contributed by atoms with Crippen molar-refractivity contribution in [2.24, 2.45) is 0 Å². The zero-order valence-corrected chi connectivity index (χ0v) is 9.50. The minimum absolute atomic E-state index is 0.0762. The van der Waals surface area contributed by atoms with Crippen LogP contribution in [0.5, 0.6) is 0 Å². The molecule has 1 aromatic rings. The molecule has 8 heteroatoms. The number of hydrogen-bond acceptors (Lipinski definition) is 6. The maximum Gasteiger partial charge on any atom is 0.251 e. The fourth-order valence-corrected chi connectivity index (χ4v) is 2.00. The van der Waals surface area contributed by atoms with Crippen molar-refractivity contribution in [3.8, 4) is 0 Å². The van der Waals surface area contributed by atoms with Gasteiger partial charge in [0.15, 0.2) is 11.0 Å². The van der Waals surface area contributed by atoms with Crippen LogP contribution in [0.15, 0.2) is 17.1 Å². The molecule has 2 rings (SSSR count). The highest BCUT2D eigenvalue weighted by Gasteiger charge is 2.43. The summed E-state index contributed by atoms with van der Waals surface area (Å²) >= 11 is 4.91. The summed E-state index contributed by atoms with van der Waals surface area (Å²) in [6.07, 6.45) is -2.85. The van der Waals surface area contributed by atoms with Gasteiger partial charge in [0.2, 0.25) is 0 Å². The highest BCUT2D eigenvalue weighted by atomic mass is 32.1. The molecular formula is C9H12N2O5S. The van der Waals surface area contributed by atoms with Gasteiger partial charge in [0.05, 0.1) is 6.61 Å². The Morgan fingerprint density at radius 1 is 1.47 bits per heavy atom. The number of aromatic nitrogens is 2. The van der Waals surface area contributed by atoms with Gasteiger partial charge in [-0.1, -0.05) is 0 Å². The van der Waals surface area contributed by atoms with E-state index in [0.29, 0.717) is 0 Å². The first-order valence-electron chi connectivity index (χ1n) is 4.98. The third-order valence-corrected chi connectivity index (χ3v) is 2.96. The number of H-pyrrole nitrogens is 1. The lowest BCUT2D eigenvalue weighted by molar-refractivity contribution is -0.0541. The number of hydrogen-bond donors (Lipinski definition) is 4. The first-order valence-corrected chi connectivity index (χ1v) is 5.39. The van der Waals surface area contributed by atoms with Crippen molar-refractivity contribution in [2.45, 2.75) is 24.5 Å². The molecule has 0 amide bonds. The standard InChI is InChI=1S/C9H12N2O5S/c12-3-4-6(14)7(15)8(16-4)11-2-1-5(13)10-9(11)17/h1-2,4,6-8,12,14-15H,3H2,(H,10,13,17)/t4-,6+,7+,8-/m0/s1. The zero-order valence-electron chi connectivity index (χ0n) is 8.68. The summed E-state index contributed by atoms with van der Waals surface area (Å²) in [5.41, 5.74) is -0.363. The largest absolute Gasteiger partial charge is 0.394 e. The molecular weight excluding hydrogens is 248 g/mol. The van der Waals surface area contributed by atoms with Gasteiger partial charge in [-0.3, -0.25) is 14.3 Å². The lowest BCUT2D eigenvalue weighted by Crippen LogP contribution is -2.33. The minimum Gasteiger partial charge on any atom is -0.394 e. The number of aromatic amines is 1. The molecule has 0 bridgehead atoms. The number of aliphatic hydroxyl groups is 3. The fraction of sp³-hybridized carbons (Fsp3) is 0.556. The van der Waals surface area contributed by atoms with E-state index in [1.165, 1.54) is 16.8 Å². The van der Waals surface area contributed by atoms with Crippen molar-refractivity contribution < 1.29 is 20.1 Å². The topological polar surface area (TPSA) is 108 Å². The molecule has 0 saturated carbocycles. The van der Waals surface area contributed by atoms with Crippen LogP contribution in [0.3, 0.4) is 0 Å². The Morgan fingerprint density at radius 2 is 2.18 bits per heavy atom. The van der Waals surface area contributed by atoms with E-state index in [9.17, 15) is 15.0 Å². The quantitative estimate of drug-likeness (QED) is 0.483. The second-order valence-corrected chi connectivity index (χ2v) is 4.13. The van der Waals surface area contributed by atoms with Crippen LogP contribution in [-0.2, 0) is 4.74 Å². The van der Waals surface area contributed by atoms with Crippen LogP contribution in [0.25, 0.3) is 0 Å². The SMILES string of the molecule is O=c1ccn([C@H]2O[C@@H](CO)[C@@H](O)[C@H]2O)c(=S)[nH]1. The number of ether oxygens (including phenoxy) is 1. The molecule has 4 N–H and O–H groups in total. The molecule has 1 aliphatic rings. The smallest absolute Gasteiger partial charge is 0.251 e. The summed E-state index contributed by atoms with van der Waals surface area (Å²) in [7, 11) is 0. The molecule has 0 aromatic carbocycles. The molecule has 0 aliphatic carbocycles. The van der Waals surface area contributed by atoms with Gasteiger partial charge in [0, 0.05) is 12.3 Å². The van der Waals surface area contributed by atoms with Crippen molar-refractivity contribution in [1.82, 2.24) is 9.55 Å². The molecule has 0 spiro atoms. The molecule has 1 aromatic heterocycles. The summed E-state index contributed by atoms with van der Waals surface area (Å²) < 4.78 is 6.66. The van der Waals surface area contributed by atoms with Crippen LogP contribution in [-0.4, -0.2) is 49.8 Å². The van der Waals surface area contributed by atoms with Gasteiger partial charge in [-0.05, 0) is 12.2 Å². The first-order chi connectivity index (χ1) is 8.04. The Balaban J connectivity index is 2.35.